The minimum Gasteiger partial charge on any atom is -0.364 e. The summed E-state index contributed by atoms with van der Waals surface area (Å²) in [6.45, 7) is 0. The molecule has 0 aliphatic heterocycles. The van der Waals surface area contributed by atoms with Gasteiger partial charge >= 0.3 is 0 Å². The van der Waals surface area contributed by atoms with E-state index >= 15 is 0 Å². The first-order valence-electron chi connectivity index (χ1n) is 6.19. The molecule has 2 aromatic carbocycles. The molecule has 0 aliphatic rings. The van der Waals surface area contributed by atoms with E-state index in [2.05, 4.69) is 10.1 Å². The standard InChI is InChI=1S/C15H11FN2O3/c16-12-6-4-9(5-7-12)14-17-13(18-21-14)10-2-1-3-11(8-10)15(19)20/h1-8,15,19-20H. The predicted octanol–water partition coefficient (Wildman–Crippen LogP) is 2.53. The van der Waals surface area contributed by atoms with Gasteiger partial charge in [-0.2, -0.15) is 4.98 Å². The Morgan fingerprint density at radius 1 is 1.00 bits per heavy atom. The molecule has 106 valence electrons. The van der Waals surface area contributed by atoms with E-state index in [0.717, 1.165) is 0 Å². The topological polar surface area (TPSA) is 79.4 Å². The van der Waals surface area contributed by atoms with Gasteiger partial charge in [-0.25, -0.2) is 4.39 Å². The van der Waals surface area contributed by atoms with Crippen LogP contribution in [0.4, 0.5) is 4.39 Å². The lowest BCUT2D eigenvalue weighted by Gasteiger charge is -2.03. The molecule has 2 N–H and O–H groups in total. The number of benzene rings is 2. The zero-order valence-corrected chi connectivity index (χ0v) is 10.8. The van der Waals surface area contributed by atoms with Gasteiger partial charge in [0.25, 0.3) is 5.89 Å². The van der Waals surface area contributed by atoms with Gasteiger partial charge in [0, 0.05) is 16.7 Å². The Hall–Kier alpha value is -2.57. The molecule has 0 fully saturated rings. The Kier molecular flexibility index (Phi) is 3.47. The number of hydrogen-bond donors (Lipinski definition) is 2. The maximum atomic E-state index is 12.9. The maximum Gasteiger partial charge on any atom is 0.258 e. The smallest absolute Gasteiger partial charge is 0.258 e. The minimum absolute atomic E-state index is 0.264. The van der Waals surface area contributed by atoms with Crippen LogP contribution in [0, 0.1) is 5.82 Å². The van der Waals surface area contributed by atoms with Crippen molar-refractivity contribution in [3.8, 4) is 22.8 Å². The highest BCUT2D eigenvalue weighted by atomic mass is 19.1. The summed E-state index contributed by atoms with van der Waals surface area (Å²) in [7, 11) is 0. The van der Waals surface area contributed by atoms with Gasteiger partial charge in [-0.3, -0.25) is 0 Å². The lowest BCUT2D eigenvalue weighted by molar-refractivity contribution is -0.0424. The van der Waals surface area contributed by atoms with E-state index in [1.54, 1.807) is 36.4 Å². The molecule has 6 heteroatoms. The number of nitrogens with zero attached hydrogens (tertiary/aromatic N) is 2. The van der Waals surface area contributed by atoms with Gasteiger partial charge in [0.15, 0.2) is 6.29 Å². The molecule has 5 nitrogen and oxygen atoms in total. The van der Waals surface area contributed by atoms with Crippen molar-refractivity contribution < 1.29 is 19.1 Å². The number of aliphatic hydroxyl groups is 2. The third-order valence-corrected chi connectivity index (χ3v) is 2.96. The number of halogens is 1. The summed E-state index contributed by atoms with van der Waals surface area (Å²) in [5.74, 6) is 0.236. The summed E-state index contributed by atoms with van der Waals surface area (Å²) in [6.07, 6.45) is -1.56. The molecule has 0 radical (unpaired) electrons. The van der Waals surface area contributed by atoms with Gasteiger partial charge in [-0.15, -0.1) is 0 Å². The van der Waals surface area contributed by atoms with E-state index in [1.165, 1.54) is 12.1 Å². The van der Waals surface area contributed by atoms with E-state index in [4.69, 9.17) is 14.7 Å². The van der Waals surface area contributed by atoms with Crippen LogP contribution in [-0.4, -0.2) is 20.4 Å². The fraction of sp³-hybridized carbons (Fsp3) is 0.0667. The van der Waals surface area contributed by atoms with Gasteiger partial charge in [0.1, 0.15) is 5.82 Å². The average Bonchev–Trinajstić information content (AvgIpc) is 2.98. The lowest BCUT2D eigenvalue weighted by Crippen LogP contribution is -1.94. The van der Waals surface area contributed by atoms with Crippen molar-refractivity contribution in [2.24, 2.45) is 0 Å². The van der Waals surface area contributed by atoms with Crippen LogP contribution in [0.25, 0.3) is 22.8 Å². The molecule has 1 heterocycles. The van der Waals surface area contributed by atoms with Crippen molar-refractivity contribution in [3.63, 3.8) is 0 Å². The fourth-order valence-electron chi connectivity index (χ4n) is 1.89. The molecule has 3 rings (SSSR count). The Bertz CT molecular complexity index is 754. The molecule has 21 heavy (non-hydrogen) atoms. The van der Waals surface area contributed by atoms with Crippen LogP contribution in [0.3, 0.4) is 0 Å². The summed E-state index contributed by atoms with van der Waals surface area (Å²) in [6, 6.07) is 12.2. The number of aliphatic hydroxyl groups excluding tert-OH is 1. The Balaban J connectivity index is 1.94. The number of hydrogen-bond acceptors (Lipinski definition) is 5. The van der Waals surface area contributed by atoms with Crippen molar-refractivity contribution in [1.29, 1.82) is 0 Å². The summed E-state index contributed by atoms with van der Waals surface area (Å²) >= 11 is 0. The van der Waals surface area contributed by atoms with E-state index in [0.29, 0.717) is 22.5 Å². The average molecular weight is 286 g/mol. The second kappa shape index (κ2) is 5.43. The third-order valence-electron chi connectivity index (χ3n) is 2.96. The SMILES string of the molecule is OC(O)c1cccc(-c2noc(-c3ccc(F)cc3)n2)c1. The van der Waals surface area contributed by atoms with Gasteiger partial charge in [-0.05, 0) is 30.3 Å². The van der Waals surface area contributed by atoms with Gasteiger partial charge in [0.2, 0.25) is 5.82 Å². The second-order valence-electron chi connectivity index (χ2n) is 4.43. The Morgan fingerprint density at radius 3 is 2.48 bits per heavy atom. The molecule has 0 saturated carbocycles. The van der Waals surface area contributed by atoms with Gasteiger partial charge in [0.05, 0.1) is 0 Å². The molecule has 0 bridgehead atoms. The lowest BCUT2D eigenvalue weighted by atomic mass is 10.1. The summed E-state index contributed by atoms with van der Waals surface area (Å²) in [5, 5.41) is 22.2. The van der Waals surface area contributed by atoms with Crippen molar-refractivity contribution in [3.05, 3.63) is 59.9 Å². The molecular formula is C15H11FN2O3. The molecule has 0 atom stereocenters. The second-order valence-corrected chi connectivity index (χ2v) is 4.43. The van der Waals surface area contributed by atoms with Crippen molar-refractivity contribution in [1.82, 2.24) is 10.1 Å². The van der Waals surface area contributed by atoms with Crippen LogP contribution in [0.5, 0.6) is 0 Å². The van der Waals surface area contributed by atoms with Crippen LogP contribution in [0.15, 0.2) is 53.1 Å². The van der Waals surface area contributed by atoms with Crippen molar-refractivity contribution in [2.75, 3.05) is 0 Å². The van der Waals surface area contributed by atoms with E-state index in [1.807, 2.05) is 0 Å². The highest BCUT2D eigenvalue weighted by molar-refractivity contribution is 5.60. The molecule has 0 aliphatic carbocycles. The molecule has 0 spiro atoms. The van der Waals surface area contributed by atoms with E-state index < -0.39 is 6.29 Å². The zero-order valence-electron chi connectivity index (χ0n) is 10.8. The minimum atomic E-state index is -1.56. The summed E-state index contributed by atoms with van der Waals surface area (Å²) in [4.78, 5) is 4.22. The molecule has 1 aromatic heterocycles. The fourth-order valence-corrected chi connectivity index (χ4v) is 1.89. The number of rotatable bonds is 3. The zero-order chi connectivity index (χ0) is 14.8. The normalized spacial score (nSPS) is 11.0. The first-order chi connectivity index (χ1) is 10.1. The monoisotopic (exact) mass is 286 g/mol. The first-order valence-corrected chi connectivity index (χ1v) is 6.19. The van der Waals surface area contributed by atoms with Crippen LogP contribution < -0.4 is 0 Å². The Morgan fingerprint density at radius 2 is 1.76 bits per heavy atom. The van der Waals surface area contributed by atoms with Crippen LogP contribution in [0.2, 0.25) is 0 Å². The summed E-state index contributed by atoms with van der Waals surface area (Å²) < 4.78 is 18.0. The highest BCUT2D eigenvalue weighted by Crippen LogP contribution is 2.24. The van der Waals surface area contributed by atoms with Crippen molar-refractivity contribution >= 4 is 0 Å². The quantitative estimate of drug-likeness (QED) is 0.723. The molecular weight excluding hydrogens is 275 g/mol. The van der Waals surface area contributed by atoms with Crippen molar-refractivity contribution in [2.45, 2.75) is 6.29 Å². The van der Waals surface area contributed by atoms with Crippen LogP contribution in [0.1, 0.15) is 11.9 Å². The van der Waals surface area contributed by atoms with Crippen LogP contribution >= 0.6 is 0 Å². The molecule has 0 amide bonds. The molecule has 0 saturated heterocycles. The largest absolute Gasteiger partial charge is 0.364 e. The first kappa shape index (κ1) is 13.4. The molecule has 0 unspecified atom stereocenters. The number of aromatic nitrogens is 2. The van der Waals surface area contributed by atoms with E-state index in [9.17, 15) is 4.39 Å². The highest BCUT2D eigenvalue weighted by Gasteiger charge is 2.12. The maximum absolute atomic E-state index is 12.9. The van der Waals surface area contributed by atoms with E-state index in [-0.39, 0.29) is 11.7 Å². The van der Waals surface area contributed by atoms with Gasteiger partial charge < -0.3 is 14.7 Å². The Labute approximate surface area is 119 Å². The van der Waals surface area contributed by atoms with Gasteiger partial charge in [-0.1, -0.05) is 23.4 Å². The summed E-state index contributed by atoms with van der Waals surface area (Å²) in [5.41, 5.74) is 1.53. The molecule has 3 aromatic rings. The third kappa shape index (κ3) is 2.81. The predicted molar refractivity (Wildman–Crippen MR) is 72.3 cm³/mol. The van der Waals surface area contributed by atoms with Crippen LogP contribution in [-0.2, 0) is 0 Å².